The Morgan fingerprint density at radius 2 is 1.40 bits per heavy atom. The van der Waals surface area contributed by atoms with Crippen LogP contribution in [0.2, 0.25) is 0 Å². The molecule has 1 aliphatic heterocycles. The molecule has 0 saturated carbocycles. The van der Waals surface area contributed by atoms with Gasteiger partial charge in [-0.25, -0.2) is 0 Å². The van der Waals surface area contributed by atoms with Crippen LogP contribution in [0.3, 0.4) is 0 Å². The van der Waals surface area contributed by atoms with Gasteiger partial charge in [-0.2, -0.15) is 4.74 Å². The first-order valence-corrected chi connectivity index (χ1v) is 8.04. The zero-order chi connectivity index (χ0) is 17.4. The number of carbonyl (C=O) groups excluding carboxylic acids is 1. The number of hydrogen-bond donors (Lipinski definition) is 0. The van der Waals surface area contributed by atoms with Gasteiger partial charge >= 0.3 is 5.91 Å². The zero-order valence-electron chi connectivity index (χ0n) is 13.7. The van der Waals surface area contributed by atoms with Crippen molar-refractivity contribution >= 4 is 23.0 Å². The summed E-state index contributed by atoms with van der Waals surface area (Å²) in [7, 11) is 1.69. The molecule has 3 aromatic carbocycles. The predicted octanol–water partition coefficient (Wildman–Crippen LogP) is 3.96. The molecular formula is C21H16N2O2. The quantitative estimate of drug-likeness (QED) is 0.406. The summed E-state index contributed by atoms with van der Waals surface area (Å²) in [5.74, 6) is -0.293. The summed E-state index contributed by atoms with van der Waals surface area (Å²) in [6.07, 6.45) is 0. The average molecular weight is 328 g/mol. The van der Waals surface area contributed by atoms with Crippen molar-refractivity contribution in [2.24, 2.45) is 0 Å². The van der Waals surface area contributed by atoms with Crippen LogP contribution in [-0.2, 0) is 4.79 Å². The van der Waals surface area contributed by atoms with E-state index in [2.05, 4.69) is 0 Å². The Hall–Kier alpha value is -3.40. The molecule has 1 heterocycles. The lowest BCUT2D eigenvalue weighted by atomic mass is 10.0. The maximum absolute atomic E-state index is 13.2. The number of fused-ring (bicyclic) bond motifs is 1. The first-order chi connectivity index (χ1) is 12.2. The minimum Gasteiger partial charge on any atom is -0.618 e. The minimum atomic E-state index is -0.293. The number of hydrogen-bond acceptors (Lipinski definition) is 2. The maximum atomic E-state index is 13.2. The SMILES string of the molecule is CN1C(=O)C(=[N+]([O-])c2ccccc2-c2ccccc2)c2ccccc21. The fourth-order valence-electron chi connectivity index (χ4n) is 3.18. The highest BCUT2D eigenvalue weighted by Crippen LogP contribution is 2.33. The van der Waals surface area contributed by atoms with E-state index >= 15 is 0 Å². The molecule has 0 unspecified atom stereocenters. The lowest BCUT2D eigenvalue weighted by Gasteiger charge is -2.11. The van der Waals surface area contributed by atoms with Crippen molar-refractivity contribution in [2.75, 3.05) is 11.9 Å². The molecule has 0 saturated heterocycles. The lowest BCUT2D eigenvalue weighted by molar-refractivity contribution is -0.358. The topological polar surface area (TPSA) is 46.4 Å². The monoisotopic (exact) mass is 328 g/mol. The van der Waals surface area contributed by atoms with Gasteiger partial charge in [0, 0.05) is 13.1 Å². The molecule has 0 radical (unpaired) electrons. The molecule has 0 fully saturated rings. The second-order valence-corrected chi connectivity index (χ2v) is 5.91. The number of likely N-dealkylation sites (N-methyl/N-ethyl adjacent to an activating group) is 1. The number of carbonyl (C=O) groups is 1. The molecule has 25 heavy (non-hydrogen) atoms. The van der Waals surface area contributed by atoms with Crippen LogP contribution in [0.4, 0.5) is 11.4 Å². The summed E-state index contributed by atoms with van der Waals surface area (Å²) in [5.41, 5.74) is 3.76. The Bertz CT molecular complexity index is 994. The minimum absolute atomic E-state index is 0.154. The van der Waals surface area contributed by atoms with E-state index in [1.165, 1.54) is 4.90 Å². The predicted molar refractivity (Wildman–Crippen MR) is 99.1 cm³/mol. The van der Waals surface area contributed by atoms with E-state index in [0.717, 1.165) is 21.6 Å². The van der Waals surface area contributed by atoms with Crippen LogP contribution in [0.15, 0.2) is 78.9 Å². The largest absolute Gasteiger partial charge is 0.618 e. The standard InChI is InChI=1S/C21H16N2O2/c1-22-18-13-7-6-12-17(18)20(21(22)24)23(25)19-14-8-5-11-16(19)15-9-3-2-4-10-15/h2-14H,1H3. The molecule has 4 rings (SSSR count). The van der Waals surface area contributed by atoms with Gasteiger partial charge in [0.2, 0.25) is 5.69 Å². The van der Waals surface area contributed by atoms with Gasteiger partial charge in [-0.1, -0.05) is 54.6 Å². The van der Waals surface area contributed by atoms with Crippen molar-refractivity contribution in [1.29, 1.82) is 0 Å². The van der Waals surface area contributed by atoms with Crippen molar-refractivity contribution in [2.45, 2.75) is 0 Å². The Kier molecular flexibility index (Phi) is 3.58. The Labute approximate surface area is 145 Å². The summed E-state index contributed by atoms with van der Waals surface area (Å²) in [6, 6.07) is 24.4. The molecule has 4 heteroatoms. The van der Waals surface area contributed by atoms with Crippen molar-refractivity contribution in [3.8, 4) is 11.1 Å². The van der Waals surface area contributed by atoms with Crippen LogP contribution in [-0.4, -0.2) is 23.4 Å². The average Bonchev–Trinajstić information content (AvgIpc) is 2.93. The highest BCUT2D eigenvalue weighted by atomic mass is 16.5. The smallest absolute Gasteiger partial charge is 0.324 e. The number of benzene rings is 3. The number of amides is 1. The Morgan fingerprint density at radius 1 is 0.800 bits per heavy atom. The summed E-state index contributed by atoms with van der Waals surface area (Å²) in [5, 5.41) is 13.2. The van der Waals surface area contributed by atoms with Gasteiger partial charge in [0.15, 0.2) is 0 Å². The van der Waals surface area contributed by atoms with Crippen LogP contribution in [0.5, 0.6) is 0 Å². The van der Waals surface area contributed by atoms with E-state index in [9.17, 15) is 10.0 Å². The van der Waals surface area contributed by atoms with Crippen molar-refractivity contribution in [3.63, 3.8) is 0 Å². The van der Waals surface area contributed by atoms with Gasteiger partial charge in [0.05, 0.1) is 16.8 Å². The fourth-order valence-corrected chi connectivity index (χ4v) is 3.18. The number of anilines is 1. The van der Waals surface area contributed by atoms with E-state index in [-0.39, 0.29) is 11.6 Å². The van der Waals surface area contributed by atoms with Gasteiger partial charge in [0.25, 0.3) is 5.71 Å². The van der Waals surface area contributed by atoms with Crippen molar-refractivity contribution in [1.82, 2.24) is 0 Å². The second-order valence-electron chi connectivity index (χ2n) is 5.91. The highest BCUT2D eigenvalue weighted by Gasteiger charge is 2.38. The van der Waals surface area contributed by atoms with Gasteiger partial charge in [-0.3, -0.25) is 4.79 Å². The van der Waals surface area contributed by atoms with E-state index in [4.69, 9.17) is 0 Å². The molecule has 0 atom stereocenters. The molecule has 0 aromatic heterocycles. The second kappa shape index (κ2) is 5.91. The third kappa shape index (κ3) is 2.39. The number of rotatable bonds is 2. The van der Waals surface area contributed by atoms with Crippen molar-refractivity contribution in [3.05, 3.63) is 89.6 Å². The Morgan fingerprint density at radius 3 is 2.16 bits per heavy atom. The molecule has 0 aliphatic carbocycles. The molecule has 0 bridgehead atoms. The Balaban J connectivity index is 1.95. The fraction of sp³-hybridized carbons (Fsp3) is 0.0476. The van der Waals surface area contributed by atoms with E-state index < -0.39 is 0 Å². The van der Waals surface area contributed by atoms with Crippen LogP contribution < -0.4 is 4.90 Å². The zero-order valence-corrected chi connectivity index (χ0v) is 13.7. The van der Waals surface area contributed by atoms with Gasteiger partial charge < -0.3 is 10.1 Å². The van der Waals surface area contributed by atoms with E-state index in [1.54, 1.807) is 13.1 Å². The van der Waals surface area contributed by atoms with Gasteiger partial charge in [-0.05, 0) is 23.8 Å². The number of para-hydroxylation sites is 2. The number of nitrogens with zero attached hydrogens (tertiary/aromatic N) is 2. The van der Waals surface area contributed by atoms with E-state index in [0.29, 0.717) is 11.3 Å². The van der Waals surface area contributed by atoms with Gasteiger partial charge in [-0.15, -0.1) is 0 Å². The maximum Gasteiger partial charge on any atom is 0.324 e. The van der Waals surface area contributed by atoms with Crippen LogP contribution in [0, 0.1) is 5.21 Å². The third-order valence-electron chi connectivity index (χ3n) is 4.44. The highest BCUT2D eigenvalue weighted by molar-refractivity contribution is 6.52. The van der Waals surface area contributed by atoms with Crippen molar-refractivity contribution < 1.29 is 9.53 Å². The molecule has 122 valence electrons. The molecule has 3 aromatic rings. The normalized spacial score (nSPS) is 15.2. The molecule has 1 aliphatic rings. The summed E-state index contributed by atoms with van der Waals surface area (Å²) >= 11 is 0. The van der Waals surface area contributed by atoms with E-state index in [1.807, 2.05) is 72.8 Å². The molecule has 0 spiro atoms. The van der Waals surface area contributed by atoms with Crippen LogP contribution >= 0.6 is 0 Å². The molecule has 0 N–H and O–H groups in total. The molecular weight excluding hydrogens is 312 g/mol. The first kappa shape index (κ1) is 15.1. The van der Waals surface area contributed by atoms with Crippen LogP contribution in [0.25, 0.3) is 11.1 Å². The lowest BCUT2D eigenvalue weighted by Crippen LogP contribution is -2.29. The summed E-state index contributed by atoms with van der Waals surface area (Å²) in [4.78, 5) is 14.2. The summed E-state index contributed by atoms with van der Waals surface area (Å²) < 4.78 is 0.757. The molecule has 4 nitrogen and oxygen atoms in total. The van der Waals surface area contributed by atoms with Gasteiger partial charge in [0.1, 0.15) is 0 Å². The summed E-state index contributed by atoms with van der Waals surface area (Å²) in [6.45, 7) is 0. The molecule has 1 amide bonds. The van der Waals surface area contributed by atoms with Crippen LogP contribution in [0.1, 0.15) is 5.56 Å². The first-order valence-electron chi connectivity index (χ1n) is 8.04. The third-order valence-corrected chi connectivity index (χ3v) is 4.44.